The normalized spacial score (nSPS) is 20.2. The highest BCUT2D eigenvalue weighted by atomic mass is 19.1. The van der Waals surface area contributed by atoms with E-state index in [-0.39, 0.29) is 11.9 Å². The van der Waals surface area contributed by atoms with Crippen molar-refractivity contribution in [2.75, 3.05) is 23.3 Å². The molecule has 1 fully saturated rings. The number of benzene rings is 1. The van der Waals surface area contributed by atoms with Gasteiger partial charge in [-0.3, -0.25) is 0 Å². The van der Waals surface area contributed by atoms with Crippen molar-refractivity contribution < 1.29 is 4.39 Å². The van der Waals surface area contributed by atoms with E-state index in [1.165, 1.54) is 24.5 Å². The standard InChI is InChI=1S/C17H19FN4/c18-13-4-5-14-12(9-13)3-6-15(14)21-16-10-17(20-11-19-16)22-7-1-2-8-22/h4-5,9-11,15H,1-3,6-8H2,(H,19,20,21). The Labute approximate surface area is 129 Å². The summed E-state index contributed by atoms with van der Waals surface area (Å²) < 4.78 is 13.3. The molecule has 0 spiro atoms. The van der Waals surface area contributed by atoms with Crippen LogP contribution in [0.4, 0.5) is 16.0 Å². The van der Waals surface area contributed by atoms with Crippen LogP contribution in [0.2, 0.25) is 0 Å². The van der Waals surface area contributed by atoms with Gasteiger partial charge in [0, 0.05) is 19.2 Å². The van der Waals surface area contributed by atoms with Gasteiger partial charge in [0.25, 0.3) is 0 Å². The van der Waals surface area contributed by atoms with Gasteiger partial charge < -0.3 is 10.2 Å². The van der Waals surface area contributed by atoms with Crippen LogP contribution in [0.25, 0.3) is 0 Å². The summed E-state index contributed by atoms with van der Waals surface area (Å²) in [6, 6.07) is 7.29. The third-order valence-corrected chi connectivity index (χ3v) is 4.59. The van der Waals surface area contributed by atoms with Gasteiger partial charge in [-0.25, -0.2) is 14.4 Å². The number of aromatic nitrogens is 2. The second-order valence-electron chi connectivity index (χ2n) is 6.03. The van der Waals surface area contributed by atoms with Crippen molar-refractivity contribution >= 4 is 11.6 Å². The molecular weight excluding hydrogens is 279 g/mol. The van der Waals surface area contributed by atoms with Crippen molar-refractivity contribution in [2.24, 2.45) is 0 Å². The van der Waals surface area contributed by atoms with Gasteiger partial charge in [0.05, 0.1) is 6.04 Å². The van der Waals surface area contributed by atoms with Gasteiger partial charge in [-0.1, -0.05) is 6.07 Å². The van der Waals surface area contributed by atoms with E-state index in [2.05, 4.69) is 20.2 Å². The maximum atomic E-state index is 13.3. The zero-order valence-corrected chi connectivity index (χ0v) is 12.4. The first-order valence-electron chi connectivity index (χ1n) is 7.91. The lowest BCUT2D eigenvalue weighted by Crippen LogP contribution is -2.19. The Bertz CT molecular complexity index is 682. The van der Waals surface area contributed by atoms with Crippen LogP contribution < -0.4 is 10.2 Å². The van der Waals surface area contributed by atoms with Crippen molar-refractivity contribution in [3.8, 4) is 0 Å². The quantitative estimate of drug-likeness (QED) is 0.944. The van der Waals surface area contributed by atoms with Gasteiger partial charge >= 0.3 is 0 Å². The molecule has 1 aliphatic heterocycles. The molecule has 1 saturated heterocycles. The number of halogens is 1. The summed E-state index contributed by atoms with van der Waals surface area (Å²) in [5, 5.41) is 3.48. The zero-order valence-electron chi connectivity index (χ0n) is 12.4. The van der Waals surface area contributed by atoms with Gasteiger partial charge in [-0.05, 0) is 48.9 Å². The lowest BCUT2D eigenvalue weighted by molar-refractivity contribution is 0.626. The summed E-state index contributed by atoms with van der Waals surface area (Å²) in [7, 11) is 0. The van der Waals surface area contributed by atoms with Gasteiger partial charge in [0.2, 0.25) is 0 Å². The fourth-order valence-corrected chi connectivity index (χ4v) is 3.46. The van der Waals surface area contributed by atoms with Crippen molar-refractivity contribution in [3.05, 3.63) is 47.5 Å². The molecule has 0 saturated carbocycles. The first kappa shape index (κ1) is 13.5. The number of aryl methyl sites for hydroxylation is 1. The van der Waals surface area contributed by atoms with E-state index in [1.54, 1.807) is 12.4 Å². The van der Waals surface area contributed by atoms with Crippen molar-refractivity contribution in [3.63, 3.8) is 0 Å². The van der Waals surface area contributed by atoms with Gasteiger partial charge in [0.15, 0.2) is 0 Å². The van der Waals surface area contributed by atoms with Gasteiger partial charge in [-0.2, -0.15) is 0 Å². The van der Waals surface area contributed by atoms with E-state index >= 15 is 0 Å². The van der Waals surface area contributed by atoms with Crippen LogP contribution in [0, 0.1) is 5.82 Å². The minimum atomic E-state index is -0.155. The van der Waals surface area contributed by atoms with E-state index in [0.29, 0.717) is 0 Å². The third kappa shape index (κ3) is 2.51. The molecule has 1 atom stereocenters. The number of rotatable bonds is 3. The maximum Gasteiger partial charge on any atom is 0.134 e. The smallest absolute Gasteiger partial charge is 0.134 e. The summed E-state index contributed by atoms with van der Waals surface area (Å²) in [6.45, 7) is 2.14. The molecule has 2 aromatic rings. The molecule has 1 aromatic heterocycles. The Hall–Kier alpha value is -2.17. The summed E-state index contributed by atoms with van der Waals surface area (Å²) in [4.78, 5) is 11.0. The van der Waals surface area contributed by atoms with Crippen LogP contribution in [0.15, 0.2) is 30.6 Å². The van der Waals surface area contributed by atoms with Crippen LogP contribution >= 0.6 is 0 Å². The lowest BCUT2D eigenvalue weighted by Gasteiger charge is -2.19. The molecule has 4 nitrogen and oxygen atoms in total. The van der Waals surface area contributed by atoms with Crippen LogP contribution in [0.5, 0.6) is 0 Å². The molecule has 2 heterocycles. The first-order valence-corrected chi connectivity index (χ1v) is 7.91. The monoisotopic (exact) mass is 298 g/mol. The molecular formula is C17H19FN4. The lowest BCUT2D eigenvalue weighted by atomic mass is 10.1. The van der Waals surface area contributed by atoms with Crippen molar-refractivity contribution in [1.29, 1.82) is 0 Å². The van der Waals surface area contributed by atoms with Gasteiger partial charge in [-0.15, -0.1) is 0 Å². The largest absolute Gasteiger partial charge is 0.363 e. The average Bonchev–Trinajstić information content (AvgIpc) is 3.18. The molecule has 1 unspecified atom stereocenters. The topological polar surface area (TPSA) is 41.0 Å². The van der Waals surface area contributed by atoms with E-state index < -0.39 is 0 Å². The number of nitrogens with one attached hydrogen (secondary N) is 1. The molecule has 22 heavy (non-hydrogen) atoms. The molecule has 1 aromatic carbocycles. The molecule has 0 amide bonds. The van der Waals surface area contributed by atoms with Gasteiger partial charge in [0.1, 0.15) is 23.8 Å². The van der Waals surface area contributed by atoms with Crippen molar-refractivity contribution in [2.45, 2.75) is 31.7 Å². The maximum absolute atomic E-state index is 13.3. The number of anilines is 2. The Morgan fingerprint density at radius 1 is 1.14 bits per heavy atom. The summed E-state index contributed by atoms with van der Waals surface area (Å²) in [5.74, 6) is 1.68. The van der Waals surface area contributed by atoms with Crippen LogP contribution in [-0.2, 0) is 6.42 Å². The van der Waals surface area contributed by atoms with E-state index in [0.717, 1.165) is 43.1 Å². The fraction of sp³-hybridized carbons (Fsp3) is 0.412. The zero-order chi connectivity index (χ0) is 14.9. The first-order chi connectivity index (χ1) is 10.8. The number of hydrogen-bond donors (Lipinski definition) is 1. The Kier molecular flexibility index (Phi) is 3.41. The predicted molar refractivity (Wildman–Crippen MR) is 84.6 cm³/mol. The van der Waals surface area contributed by atoms with Crippen LogP contribution in [0.3, 0.4) is 0 Å². The highest BCUT2D eigenvalue weighted by molar-refractivity contribution is 5.51. The van der Waals surface area contributed by atoms with Crippen molar-refractivity contribution in [1.82, 2.24) is 9.97 Å². The highest BCUT2D eigenvalue weighted by Crippen LogP contribution is 2.34. The molecule has 0 radical (unpaired) electrons. The summed E-state index contributed by atoms with van der Waals surface area (Å²) >= 11 is 0. The van der Waals surface area contributed by atoms with E-state index in [9.17, 15) is 4.39 Å². The Morgan fingerprint density at radius 2 is 2.00 bits per heavy atom. The summed E-state index contributed by atoms with van der Waals surface area (Å²) in [5.41, 5.74) is 2.29. The molecule has 4 rings (SSSR count). The minimum Gasteiger partial charge on any atom is -0.363 e. The Balaban J connectivity index is 1.54. The SMILES string of the molecule is Fc1ccc2c(c1)CCC2Nc1cc(N2CCCC2)ncn1. The predicted octanol–water partition coefficient (Wildman–Crippen LogP) is 3.32. The minimum absolute atomic E-state index is 0.155. The third-order valence-electron chi connectivity index (χ3n) is 4.59. The number of nitrogens with zero attached hydrogens (tertiary/aromatic N) is 3. The molecule has 114 valence electrons. The van der Waals surface area contributed by atoms with Crippen LogP contribution in [0.1, 0.15) is 36.4 Å². The highest BCUT2D eigenvalue weighted by Gasteiger charge is 2.23. The summed E-state index contributed by atoms with van der Waals surface area (Å²) in [6.07, 6.45) is 5.97. The second kappa shape index (κ2) is 5.55. The second-order valence-corrected chi connectivity index (χ2v) is 6.03. The molecule has 5 heteroatoms. The van der Waals surface area contributed by atoms with E-state index in [4.69, 9.17) is 0 Å². The molecule has 1 aliphatic carbocycles. The molecule has 1 N–H and O–H groups in total. The average molecular weight is 298 g/mol. The van der Waals surface area contributed by atoms with Crippen LogP contribution in [-0.4, -0.2) is 23.1 Å². The van der Waals surface area contributed by atoms with E-state index in [1.807, 2.05) is 12.1 Å². The fourth-order valence-electron chi connectivity index (χ4n) is 3.46. The number of hydrogen-bond acceptors (Lipinski definition) is 4. The molecule has 2 aliphatic rings. The Morgan fingerprint density at radius 3 is 2.86 bits per heavy atom. The number of fused-ring (bicyclic) bond motifs is 1. The molecule has 0 bridgehead atoms.